The second-order valence-electron chi connectivity index (χ2n) is 5.32. The van der Waals surface area contributed by atoms with Crippen molar-refractivity contribution in [2.75, 3.05) is 7.11 Å². The zero-order valence-corrected chi connectivity index (χ0v) is 17.8. The van der Waals surface area contributed by atoms with Crippen LogP contribution < -0.4 is 14.1 Å². The monoisotopic (exact) mass is 552 g/mol. The smallest absolute Gasteiger partial charge is 0.468 e. The van der Waals surface area contributed by atoms with Crippen LogP contribution in [-0.4, -0.2) is 19.1 Å². The van der Waals surface area contributed by atoms with Crippen LogP contribution in [0.5, 0.6) is 11.5 Å². The maximum Gasteiger partial charge on any atom is 0.527 e. The van der Waals surface area contributed by atoms with Crippen molar-refractivity contribution in [2.24, 2.45) is 0 Å². The molecule has 0 radical (unpaired) electrons. The van der Waals surface area contributed by atoms with E-state index in [9.17, 15) is 29.8 Å². The Hall–Kier alpha value is -1.92. The lowest BCUT2D eigenvalue weighted by molar-refractivity contribution is -0.142. The first-order valence-electron chi connectivity index (χ1n) is 7.65. The Kier molecular flexibility index (Phi) is 7.83. The quantitative estimate of drug-likeness (QED) is 0.124. The fraction of sp³-hybridized carbons (Fsp3) is 0.188. The van der Waals surface area contributed by atoms with Gasteiger partial charge in [-0.2, -0.15) is 8.78 Å². The molecule has 29 heavy (non-hydrogen) atoms. The Morgan fingerprint density at radius 1 is 0.966 bits per heavy atom. The van der Waals surface area contributed by atoms with Crippen LogP contribution in [0.4, 0.5) is 22.0 Å². The standard InChI is InChI=1S/C16H13F5INO5P/c1-8(16(24)26-2)23-29(22-25,27-9-6-4-3-5-7-9)28-15-13(20)11(18)10(17)12(19)14(15)21/h3-8,23H,1-2H3/q+1/t8-,29?/m0/s1. The molecule has 0 fully saturated rings. The predicted octanol–water partition coefficient (Wildman–Crippen LogP) is 4.98. The second-order valence-corrected chi connectivity index (χ2v) is 12.0. The van der Waals surface area contributed by atoms with Gasteiger partial charge in [0.05, 0.1) is 7.11 Å². The number of halogens is 6. The first kappa shape index (κ1) is 23.4. The van der Waals surface area contributed by atoms with Gasteiger partial charge in [-0.25, -0.2) is 16.2 Å². The Balaban J connectivity index is 2.55. The third-order valence-corrected chi connectivity index (χ3v) is 8.65. The molecule has 6 nitrogen and oxygen atoms in total. The highest BCUT2D eigenvalue weighted by Crippen LogP contribution is 2.68. The van der Waals surface area contributed by atoms with Crippen molar-refractivity contribution in [3.63, 3.8) is 0 Å². The van der Waals surface area contributed by atoms with E-state index >= 15 is 0 Å². The maximum atomic E-state index is 14.1. The highest BCUT2D eigenvalue weighted by atomic mass is 127. The second kappa shape index (κ2) is 9.72. The van der Waals surface area contributed by atoms with Crippen molar-refractivity contribution < 1.29 is 43.6 Å². The molecule has 2 aromatic carbocycles. The molecule has 1 unspecified atom stereocenters. The van der Waals surface area contributed by atoms with Crippen molar-refractivity contribution in [3.05, 3.63) is 59.4 Å². The summed E-state index contributed by atoms with van der Waals surface area (Å²) >= 11 is -2.49. The molecule has 0 saturated heterocycles. The van der Waals surface area contributed by atoms with Crippen LogP contribution in [-0.2, 0) is 12.6 Å². The molecule has 1 N–H and O–H groups in total. The van der Waals surface area contributed by atoms with Crippen molar-refractivity contribution in [3.8, 4) is 11.5 Å². The van der Waals surface area contributed by atoms with E-state index in [2.05, 4.69) is 9.82 Å². The zero-order valence-electron chi connectivity index (χ0n) is 14.7. The summed E-state index contributed by atoms with van der Waals surface area (Å²) in [7, 11) is 1.05. The van der Waals surface area contributed by atoms with E-state index in [0.29, 0.717) is 0 Å². The Labute approximate surface area is 171 Å². The molecule has 2 aromatic rings. The maximum absolute atomic E-state index is 14.1. The fourth-order valence-corrected chi connectivity index (χ4v) is 6.92. The molecular weight excluding hydrogens is 539 g/mol. The molecule has 0 heterocycles. The molecule has 0 aliphatic rings. The Morgan fingerprint density at radius 3 is 1.97 bits per heavy atom. The van der Waals surface area contributed by atoms with Gasteiger partial charge in [0.25, 0.3) is 5.75 Å². The van der Waals surface area contributed by atoms with E-state index < -0.39 is 73.0 Å². The number of hydrogen-bond acceptors (Lipinski definition) is 6. The van der Waals surface area contributed by atoms with E-state index in [4.69, 9.17) is 9.05 Å². The highest BCUT2D eigenvalue weighted by Gasteiger charge is 2.53. The molecule has 158 valence electrons. The van der Waals surface area contributed by atoms with E-state index in [1.54, 1.807) is 6.07 Å². The van der Waals surface area contributed by atoms with Gasteiger partial charge in [-0.05, 0) is 19.1 Å². The van der Waals surface area contributed by atoms with Crippen molar-refractivity contribution in [1.82, 2.24) is 5.09 Å². The van der Waals surface area contributed by atoms with E-state index in [-0.39, 0.29) is 5.75 Å². The van der Waals surface area contributed by atoms with Crippen LogP contribution in [0.3, 0.4) is 0 Å². The van der Waals surface area contributed by atoms with Crippen molar-refractivity contribution in [1.29, 1.82) is 0 Å². The molecule has 0 aromatic heterocycles. The lowest BCUT2D eigenvalue weighted by Crippen LogP contribution is -2.36. The number of rotatable bonds is 8. The molecule has 2 rings (SSSR count). The molecule has 0 saturated carbocycles. The van der Waals surface area contributed by atoms with Gasteiger partial charge in [-0.1, -0.05) is 18.2 Å². The van der Waals surface area contributed by atoms with E-state index in [0.717, 1.165) is 7.11 Å². The van der Waals surface area contributed by atoms with Gasteiger partial charge in [0.1, 0.15) is 6.04 Å². The summed E-state index contributed by atoms with van der Waals surface area (Å²) in [6.07, 6.45) is 0. The molecule has 13 heteroatoms. The van der Waals surface area contributed by atoms with E-state index in [1.165, 1.54) is 31.2 Å². The average Bonchev–Trinajstić information content (AvgIpc) is 2.73. The number of esters is 1. The lowest BCUT2D eigenvalue weighted by Gasteiger charge is -2.21. The molecule has 2 atom stereocenters. The van der Waals surface area contributed by atoms with Gasteiger partial charge in [0.15, 0.2) is 5.75 Å². The number of ether oxygens (including phenoxy) is 1. The summed E-state index contributed by atoms with van der Waals surface area (Å²) in [5, 5.41) is 2.39. The van der Waals surface area contributed by atoms with Crippen LogP contribution in [0.2, 0.25) is 0 Å². The highest BCUT2D eigenvalue weighted by molar-refractivity contribution is 14.2. The number of nitrogens with one attached hydrogen (secondary N) is 1. The minimum atomic E-state index is -4.08. The lowest BCUT2D eigenvalue weighted by atomic mass is 10.3. The predicted molar refractivity (Wildman–Crippen MR) is 100 cm³/mol. The summed E-state index contributed by atoms with van der Waals surface area (Å²) in [5.41, 5.74) is -4.08. The average molecular weight is 552 g/mol. The molecule has 0 bridgehead atoms. The number of carbonyl (C=O) groups is 1. The largest absolute Gasteiger partial charge is 0.527 e. The summed E-state index contributed by atoms with van der Waals surface area (Å²) in [5.74, 6) is -13.9. The molecular formula is C16H13F5INO5P+. The topological polar surface area (TPSA) is 73.9 Å². The van der Waals surface area contributed by atoms with Crippen molar-refractivity contribution >= 4 is 32.1 Å². The number of benzene rings is 2. The third-order valence-electron chi connectivity index (χ3n) is 3.34. The molecule has 0 amide bonds. The molecule has 0 spiro atoms. The SMILES string of the molecule is COC(=O)[C@H](C)N[P+](Oc1ccccc1)(Oc1c(F)c(F)c(F)c(F)c1F)I=O. The summed E-state index contributed by atoms with van der Waals surface area (Å²) in [4.78, 5) is 11.7. The minimum Gasteiger partial charge on any atom is -0.468 e. The van der Waals surface area contributed by atoms with Gasteiger partial charge in [-0.3, -0.25) is 13.8 Å². The van der Waals surface area contributed by atoms with Gasteiger partial charge in [0, 0.05) is 0 Å². The summed E-state index contributed by atoms with van der Waals surface area (Å²) in [6.45, 7) is 1.25. The fourth-order valence-electron chi connectivity index (χ4n) is 1.98. The third kappa shape index (κ3) is 5.17. The number of para-hydroxylation sites is 1. The Morgan fingerprint density at radius 2 is 1.48 bits per heavy atom. The molecule has 0 aliphatic heterocycles. The van der Waals surface area contributed by atoms with Gasteiger partial charge < -0.3 is 4.74 Å². The Bertz CT molecular complexity index is 893. The van der Waals surface area contributed by atoms with E-state index in [1.807, 2.05) is 0 Å². The zero-order chi connectivity index (χ0) is 21.8. The van der Waals surface area contributed by atoms with Crippen LogP contribution >= 0.6 is 26.2 Å². The minimum absolute atomic E-state index is 0.0184. The van der Waals surface area contributed by atoms with Crippen LogP contribution in [0.1, 0.15) is 6.92 Å². The van der Waals surface area contributed by atoms with Gasteiger partial charge in [-0.15, -0.1) is 5.09 Å². The van der Waals surface area contributed by atoms with Gasteiger partial charge in [0.2, 0.25) is 29.1 Å². The number of carbonyl (C=O) groups excluding carboxylic acids is 1. The van der Waals surface area contributed by atoms with Crippen LogP contribution in [0, 0.1) is 29.1 Å². The number of methoxy groups -OCH3 is 1. The van der Waals surface area contributed by atoms with Crippen molar-refractivity contribution in [2.45, 2.75) is 13.0 Å². The van der Waals surface area contributed by atoms with Crippen LogP contribution in [0.15, 0.2) is 30.3 Å². The summed E-state index contributed by atoms with van der Waals surface area (Å²) < 4.78 is 95.5. The first-order chi connectivity index (χ1) is 13.7. The first-order valence-corrected chi connectivity index (χ1v) is 12.9. The summed E-state index contributed by atoms with van der Waals surface area (Å²) in [6, 6.07) is 6.13. The number of hydrogen-bond donors (Lipinski definition) is 1. The van der Waals surface area contributed by atoms with Gasteiger partial charge >= 0.3 is 32.1 Å². The normalized spacial score (nSPS) is 14.0. The molecule has 0 aliphatic carbocycles. The van der Waals surface area contributed by atoms with Crippen LogP contribution in [0.25, 0.3) is 0 Å².